The Kier molecular flexibility index (Phi) is 5.16. The van der Waals surface area contributed by atoms with Crippen LogP contribution < -0.4 is 10.1 Å². The summed E-state index contributed by atoms with van der Waals surface area (Å²) in [6.07, 6.45) is 1.73. The summed E-state index contributed by atoms with van der Waals surface area (Å²) < 4.78 is 18.8. The second-order valence-corrected chi connectivity index (χ2v) is 4.22. The molecule has 1 N–H and O–H groups in total. The Labute approximate surface area is 102 Å². The van der Waals surface area contributed by atoms with Crippen molar-refractivity contribution in [3.8, 4) is 5.75 Å². The molecule has 2 nitrogen and oxygen atoms in total. The fraction of sp³-hybridized carbons (Fsp3) is 0.429. The summed E-state index contributed by atoms with van der Waals surface area (Å²) in [6.45, 7) is 5.85. The summed E-state index contributed by atoms with van der Waals surface area (Å²) in [5, 5.41) is 3.13. The van der Waals surface area contributed by atoms with Crippen molar-refractivity contribution in [1.82, 2.24) is 5.32 Å². The molecule has 1 atom stereocenters. The van der Waals surface area contributed by atoms with Crippen LogP contribution in [0.4, 0.5) is 4.39 Å². The minimum Gasteiger partial charge on any atom is -0.497 e. The molecule has 17 heavy (non-hydrogen) atoms. The van der Waals surface area contributed by atoms with Gasteiger partial charge in [-0.25, -0.2) is 4.39 Å². The van der Waals surface area contributed by atoms with Gasteiger partial charge in [0.15, 0.2) is 0 Å². The molecule has 0 amide bonds. The van der Waals surface area contributed by atoms with Gasteiger partial charge in [-0.1, -0.05) is 11.6 Å². The van der Waals surface area contributed by atoms with Crippen molar-refractivity contribution >= 4 is 0 Å². The molecule has 0 bridgehead atoms. The zero-order chi connectivity index (χ0) is 12.8. The third-order valence-electron chi connectivity index (χ3n) is 2.79. The summed E-state index contributed by atoms with van der Waals surface area (Å²) in [6, 6.07) is 4.98. The molecule has 0 spiro atoms. The zero-order valence-corrected chi connectivity index (χ0v) is 10.7. The van der Waals surface area contributed by atoms with Gasteiger partial charge in [-0.15, -0.1) is 6.58 Å². The van der Waals surface area contributed by atoms with E-state index in [1.54, 1.807) is 12.1 Å². The van der Waals surface area contributed by atoms with Crippen LogP contribution in [0.2, 0.25) is 0 Å². The molecule has 1 aromatic rings. The Balaban J connectivity index is 2.84. The predicted molar refractivity (Wildman–Crippen MR) is 68.8 cm³/mol. The lowest BCUT2D eigenvalue weighted by Crippen LogP contribution is -2.17. The molecule has 0 saturated heterocycles. The fourth-order valence-electron chi connectivity index (χ4n) is 1.76. The number of benzene rings is 1. The molecular formula is C14H20FNO. The maximum absolute atomic E-state index is 13.9. The second-order valence-electron chi connectivity index (χ2n) is 4.22. The minimum absolute atomic E-state index is 0.0117. The van der Waals surface area contributed by atoms with Gasteiger partial charge < -0.3 is 10.1 Å². The Morgan fingerprint density at radius 3 is 2.71 bits per heavy atom. The number of methoxy groups -OCH3 is 1. The first-order valence-electron chi connectivity index (χ1n) is 5.73. The van der Waals surface area contributed by atoms with Gasteiger partial charge >= 0.3 is 0 Å². The molecule has 1 unspecified atom stereocenters. The number of hydrogen-bond acceptors (Lipinski definition) is 2. The summed E-state index contributed by atoms with van der Waals surface area (Å²) in [5.41, 5.74) is 1.79. The standard InChI is InChI=1S/C14H20FNO/c1-10(2)5-8-14(16-3)12-7-6-11(17-4)9-13(12)15/h6-7,9,14,16H,1,5,8H2,2-4H3. The van der Waals surface area contributed by atoms with Crippen molar-refractivity contribution < 1.29 is 9.13 Å². The fourth-order valence-corrected chi connectivity index (χ4v) is 1.76. The normalized spacial score (nSPS) is 12.2. The third kappa shape index (κ3) is 3.86. The minimum atomic E-state index is -0.231. The van der Waals surface area contributed by atoms with E-state index in [4.69, 9.17) is 4.74 Å². The molecule has 0 fully saturated rings. The quantitative estimate of drug-likeness (QED) is 0.765. The highest BCUT2D eigenvalue weighted by molar-refractivity contribution is 5.30. The van der Waals surface area contributed by atoms with Crippen molar-refractivity contribution in [3.63, 3.8) is 0 Å². The third-order valence-corrected chi connectivity index (χ3v) is 2.79. The predicted octanol–water partition coefficient (Wildman–Crippen LogP) is 3.45. The Morgan fingerprint density at radius 2 is 2.24 bits per heavy atom. The van der Waals surface area contributed by atoms with Crippen LogP contribution in [-0.4, -0.2) is 14.2 Å². The van der Waals surface area contributed by atoms with Gasteiger partial charge in [-0.05, 0) is 32.9 Å². The van der Waals surface area contributed by atoms with Gasteiger partial charge in [0, 0.05) is 17.7 Å². The molecule has 0 aromatic heterocycles. The molecule has 0 aliphatic heterocycles. The van der Waals surface area contributed by atoms with E-state index in [0.29, 0.717) is 11.3 Å². The molecule has 0 aliphatic carbocycles. The van der Waals surface area contributed by atoms with Gasteiger partial charge in [-0.3, -0.25) is 0 Å². The lowest BCUT2D eigenvalue weighted by Gasteiger charge is -2.17. The van der Waals surface area contributed by atoms with Crippen molar-refractivity contribution in [2.45, 2.75) is 25.8 Å². The van der Waals surface area contributed by atoms with E-state index >= 15 is 0 Å². The Hall–Kier alpha value is -1.35. The van der Waals surface area contributed by atoms with Gasteiger partial charge in [-0.2, -0.15) is 0 Å². The lowest BCUT2D eigenvalue weighted by atomic mass is 9.99. The van der Waals surface area contributed by atoms with E-state index in [2.05, 4.69) is 11.9 Å². The molecule has 0 aliphatic rings. The first kappa shape index (κ1) is 13.7. The number of allylic oxidation sites excluding steroid dienone is 1. The van der Waals surface area contributed by atoms with E-state index in [1.165, 1.54) is 13.2 Å². The van der Waals surface area contributed by atoms with Crippen molar-refractivity contribution in [3.05, 3.63) is 41.7 Å². The van der Waals surface area contributed by atoms with Gasteiger partial charge in [0.25, 0.3) is 0 Å². The van der Waals surface area contributed by atoms with Crippen molar-refractivity contribution in [2.75, 3.05) is 14.2 Å². The summed E-state index contributed by atoms with van der Waals surface area (Å²) in [4.78, 5) is 0. The Morgan fingerprint density at radius 1 is 1.53 bits per heavy atom. The highest BCUT2D eigenvalue weighted by Crippen LogP contribution is 2.25. The van der Waals surface area contributed by atoms with Crippen LogP contribution in [0.15, 0.2) is 30.4 Å². The summed E-state index contributed by atoms with van der Waals surface area (Å²) in [5.74, 6) is 0.311. The summed E-state index contributed by atoms with van der Waals surface area (Å²) >= 11 is 0. The van der Waals surface area contributed by atoms with Crippen molar-refractivity contribution in [2.24, 2.45) is 0 Å². The topological polar surface area (TPSA) is 21.3 Å². The number of ether oxygens (including phenoxy) is 1. The zero-order valence-electron chi connectivity index (χ0n) is 10.7. The van der Waals surface area contributed by atoms with E-state index in [0.717, 1.165) is 18.4 Å². The van der Waals surface area contributed by atoms with E-state index in [1.807, 2.05) is 14.0 Å². The molecule has 0 radical (unpaired) electrons. The average molecular weight is 237 g/mol. The molecule has 3 heteroatoms. The van der Waals surface area contributed by atoms with E-state index in [-0.39, 0.29) is 11.9 Å². The molecule has 1 aromatic carbocycles. The number of halogens is 1. The summed E-state index contributed by atoms with van der Waals surface area (Å²) in [7, 11) is 3.37. The highest BCUT2D eigenvalue weighted by atomic mass is 19.1. The van der Waals surface area contributed by atoms with Crippen molar-refractivity contribution in [1.29, 1.82) is 0 Å². The average Bonchev–Trinajstić information content (AvgIpc) is 2.31. The maximum atomic E-state index is 13.9. The molecule has 94 valence electrons. The van der Waals surface area contributed by atoms with E-state index in [9.17, 15) is 4.39 Å². The van der Waals surface area contributed by atoms with Crippen LogP contribution in [0, 0.1) is 5.82 Å². The molecule has 1 rings (SSSR count). The van der Waals surface area contributed by atoms with Crippen LogP contribution in [0.25, 0.3) is 0 Å². The second kappa shape index (κ2) is 6.40. The van der Waals surface area contributed by atoms with Crippen LogP contribution >= 0.6 is 0 Å². The maximum Gasteiger partial charge on any atom is 0.131 e. The SMILES string of the molecule is C=C(C)CCC(NC)c1ccc(OC)cc1F. The first-order chi connectivity index (χ1) is 8.08. The highest BCUT2D eigenvalue weighted by Gasteiger charge is 2.14. The van der Waals surface area contributed by atoms with E-state index < -0.39 is 0 Å². The smallest absolute Gasteiger partial charge is 0.131 e. The van der Waals surface area contributed by atoms with Gasteiger partial charge in [0.05, 0.1) is 7.11 Å². The van der Waals surface area contributed by atoms with Gasteiger partial charge in [0.2, 0.25) is 0 Å². The lowest BCUT2D eigenvalue weighted by molar-refractivity contribution is 0.409. The molecular weight excluding hydrogens is 217 g/mol. The monoisotopic (exact) mass is 237 g/mol. The van der Waals surface area contributed by atoms with Crippen LogP contribution in [0.1, 0.15) is 31.4 Å². The van der Waals surface area contributed by atoms with Gasteiger partial charge in [0.1, 0.15) is 11.6 Å². The first-order valence-corrected chi connectivity index (χ1v) is 5.73. The van der Waals surface area contributed by atoms with Crippen LogP contribution in [-0.2, 0) is 0 Å². The molecule has 0 heterocycles. The van der Waals surface area contributed by atoms with Crippen LogP contribution in [0.3, 0.4) is 0 Å². The number of rotatable bonds is 6. The molecule has 0 saturated carbocycles. The number of nitrogens with one attached hydrogen (secondary N) is 1. The van der Waals surface area contributed by atoms with Crippen LogP contribution in [0.5, 0.6) is 5.75 Å². The largest absolute Gasteiger partial charge is 0.497 e. The Bertz CT molecular complexity index is 390. The number of hydrogen-bond donors (Lipinski definition) is 1.